The van der Waals surface area contributed by atoms with Crippen LogP contribution in [-0.4, -0.2) is 25.2 Å². The molecule has 0 aliphatic carbocycles. The second-order valence-electron chi connectivity index (χ2n) is 7.36. The molecule has 0 unspecified atom stereocenters. The van der Waals surface area contributed by atoms with Gasteiger partial charge in [0.05, 0.1) is 16.8 Å². The minimum absolute atomic E-state index is 0.00835. The Bertz CT molecular complexity index is 1110. The maximum absolute atomic E-state index is 12.5. The number of methoxy groups -OCH3 is 1. The number of ether oxygens (including phenoxy) is 2. The number of rotatable bonds is 7. The van der Waals surface area contributed by atoms with Crippen molar-refractivity contribution < 1.29 is 22.8 Å². The van der Waals surface area contributed by atoms with E-state index in [1.54, 1.807) is 36.4 Å². The van der Waals surface area contributed by atoms with E-state index in [2.05, 4.69) is 0 Å². The molecule has 158 valence electrons. The van der Waals surface area contributed by atoms with Crippen molar-refractivity contribution >= 4 is 21.6 Å². The van der Waals surface area contributed by atoms with Gasteiger partial charge in [0, 0.05) is 12.1 Å². The Labute approximate surface area is 175 Å². The van der Waals surface area contributed by atoms with Gasteiger partial charge in [-0.2, -0.15) is 5.26 Å². The lowest BCUT2D eigenvalue weighted by Gasteiger charge is -2.18. The Morgan fingerprint density at radius 1 is 1.17 bits per heavy atom. The summed E-state index contributed by atoms with van der Waals surface area (Å²) in [7, 11) is -2.35. The van der Waals surface area contributed by atoms with Crippen molar-refractivity contribution in [2.75, 3.05) is 7.11 Å². The van der Waals surface area contributed by atoms with E-state index >= 15 is 0 Å². The Kier molecular flexibility index (Phi) is 6.84. The molecule has 8 nitrogen and oxygen atoms in total. The molecule has 2 rings (SSSR count). The van der Waals surface area contributed by atoms with Crippen molar-refractivity contribution in [1.29, 1.82) is 5.26 Å². The highest BCUT2D eigenvalue weighted by Gasteiger charge is 2.33. The first-order chi connectivity index (χ1) is 14.0. The molecule has 2 aromatic carbocycles. The van der Waals surface area contributed by atoms with Crippen molar-refractivity contribution in [2.45, 2.75) is 32.1 Å². The topological polar surface area (TPSA) is 120 Å². The minimum atomic E-state index is -3.79. The number of non-ortho nitro benzene ring substituents is 1. The normalized spacial score (nSPS) is 12.2. The van der Waals surface area contributed by atoms with Gasteiger partial charge in [0.15, 0.2) is 21.3 Å². The zero-order chi connectivity index (χ0) is 22.5. The average molecular weight is 430 g/mol. The molecule has 9 heteroatoms. The number of sulfone groups is 1. The standard InChI is InChI=1S/C21H22N2O6S/c1-21(2,3)30(26,27)18(13-22)11-16-7-10-19(20(12-16)28-4)29-14-15-5-8-17(9-6-15)23(24)25/h5-12H,14H2,1-4H3/b18-11-. The van der Waals surface area contributed by atoms with Gasteiger partial charge in [0.2, 0.25) is 0 Å². The number of nitrogens with zero attached hydrogens (tertiary/aromatic N) is 2. The molecule has 0 heterocycles. The summed E-state index contributed by atoms with van der Waals surface area (Å²) in [5, 5.41) is 20.1. The summed E-state index contributed by atoms with van der Waals surface area (Å²) >= 11 is 0. The summed E-state index contributed by atoms with van der Waals surface area (Å²) in [4.78, 5) is 9.90. The highest BCUT2D eigenvalue weighted by Crippen LogP contribution is 2.31. The van der Waals surface area contributed by atoms with Crippen LogP contribution in [-0.2, 0) is 16.4 Å². The van der Waals surface area contributed by atoms with Crippen LogP contribution in [0, 0.1) is 21.4 Å². The van der Waals surface area contributed by atoms with Gasteiger partial charge in [0.1, 0.15) is 17.6 Å². The van der Waals surface area contributed by atoms with E-state index in [9.17, 15) is 23.8 Å². The molecule has 0 saturated carbocycles. The second kappa shape index (κ2) is 8.97. The highest BCUT2D eigenvalue weighted by molar-refractivity contribution is 7.97. The summed E-state index contributed by atoms with van der Waals surface area (Å²) in [6, 6.07) is 12.5. The first-order valence-electron chi connectivity index (χ1n) is 8.90. The predicted molar refractivity (Wildman–Crippen MR) is 113 cm³/mol. The number of nitriles is 1. The average Bonchev–Trinajstić information content (AvgIpc) is 2.70. The van der Waals surface area contributed by atoms with Gasteiger partial charge in [-0.1, -0.05) is 6.07 Å². The van der Waals surface area contributed by atoms with E-state index in [0.29, 0.717) is 17.1 Å². The predicted octanol–water partition coefficient (Wildman–Crippen LogP) is 4.26. The molecular weight excluding hydrogens is 408 g/mol. The summed E-state index contributed by atoms with van der Waals surface area (Å²) in [5.41, 5.74) is 1.19. The monoisotopic (exact) mass is 430 g/mol. The van der Waals surface area contributed by atoms with Gasteiger partial charge >= 0.3 is 0 Å². The van der Waals surface area contributed by atoms with Crippen molar-refractivity contribution in [3.63, 3.8) is 0 Å². The molecule has 30 heavy (non-hydrogen) atoms. The largest absolute Gasteiger partial charge is 0.493 e. The summed E-state index contributed by atoms with van der Waals surface area (Å²) < 4.78 is 35.0. The van der Waals surface area contributed by atoms with Gasteiger partial charge in [-0.25, -0.2) is 8.42 Å². The first-order valence-corrected chi connectivity index (χ1v) is 10.4. The Morgan fingerprint density at radius 3 is 2.30 bits per heavy atom. The summed E-state index contributed by atoms with van der Waals surface area (Å²) in [5.74, 6) is 0.765. The highest BCUT2D eigenvalue weighted by atomic mass is 32.2. The molecule has 0 amide bonds. The van der Waals surface area contributed by atoms with E-state index < -0.39 is 19.5 Å². The minimum Gasteiger partial charge on any atom is -0.493 e. The smallest absolute Gasteiger partial charge is 0.269 e. The maximum Gasteiger partial charge on any atom is 0.269 e. The van der Waals surface area contributed by atoms with Crippen LogP contribution in [0.15, 0.2) is 47.4 Å². The quantitative estimate of drug-likeness (QED) is 0.366. The summed E-state index contributed by atoms with van der Waals surface area (Å²) in [6.07, 6.45) is 1.29. The van der Waals surface area contributed by atoms with E-state index in [1.807, 2.05) is 0 Å². The van der Waals surface area contributed by atoms with Crippen LogP contribution in [0.4, 0.5) is 5.69 Å². The number of hydrogen-bond donors (Lipinski definition) is 0. The molecule has 0 fully saturated rings. The lowest BCUT2D eigenvalue weighted by molar-refractivity contribution is -0.384. The van der Waals surface area contributed by atoms with Crippen molar-refractivity contribution in [2.24, 2.45) is 0 Å². The van der Waals surface area contributed by atoms with E-state index in [4.69, 9.17) is 9.47 Å². The SMILES string of the molecule is COc1cc(/C=C(/C#N)S(=O)(=O)C(C)(C)C)ccc1OCc1ccc([N+](=O)[O-])cc1. The molecule has 0 saturated heterocycles. The van der Waals surface area contributed by atoms with Crippen LogP contribution in [0.5, 0.6) is 11.5 Å². The Balaban J connectivity index is 2.26. The van der Waals surface area contributed by atoms with Gasteiger partial charge in [-0.15, -0.1) is 0 Å². The van der Waals surface area contributed by atoms with Crippen LogP contribution in [0.1, 0.15) is 31.9 Å². The van der Waals surface area contributed by atoms with Crippen molar-refractivity contribution in [3.05, 3.63) is 68.6 Å². The third kappa shape index (κ3) is 5.15. The Hall–Kier alpha value is -3.38. The third-order valence-corrected chi connectivity index (χ3v) is 6.63. The fraction of sp³-hybridized carbons (Fsp3) is 0.286. The Morgan fingerprint density at radius 2 is 1.80 bits per heavy atom. The molecular formula is C21H22N2O6S. The van der Waals surface area contributed by atoms with Crippen LogP contribution in [0.3, 0.4) is 0 Å². The number of allylic oxidation sites excluding steroid dienone is 1. The van der Waals surface area contributed by atoms with Gasteiger partial charge in [-0.3, -0.25) is 10.1 Å². The molecule has 0 N–H and O–H groups in total. The lowest BCUT2D eigenvalue weighted by Crippen LogP contribution is -2.28. The fourth-order valence-corrected chi connectivity index (χ4v) is 3.49. The molecule has 0 aromatic heterocycles. The molecule has 0 atom stereocenters. The first kappa shape index (κ1) is 22.9. The van der Waals surface area contributed by atoms with Gasteiger partial charge < -0.3 is 9.47 Å². The van der Waals surface area contributed by atoms with Gasteiger partial charge in [-0.05, 0) is 62.2 Å². The van der Waals surface area contributed by atoms with Crippen molar-refractivity contribution in [1.82, 2.24) is 0 Å². The van der Waals surface area contributed by atoms with Crippen LogP contribution < -0.4 is 9.47 Å². The van der Waals surface area contributed by atoms with E-state index in [-0.39, 0.29) is 17.2 Å². The van der Waals surface area contributed by atoms with Gasteiger partial charge in [0.25, 0.3) is 5.69 Å². The van der Waals surface area contributed by atoms with Crippen LogP contribution in [0.2, 0.25) is 0 Å². The van der Waals surface area contributed by atoms with Crippen molar-refractivity contribution in [3.8, 4) is 17.6 Å². The summed E-state index contributed by atoms with van der Waals surface area (Å²) in [6.45, 7) is 4.75. The fourth-order valence-electron chi connectivity index (χ4n) is 2.42. The third-order valence-electron chi connectivity index (χ3n) is 4.23. The molecule has 0 radical (unpaired) electrons. The number of nitro benzene ring substituents is 1. The van der Waals surface area contributed by atoms with E-state index in [0.717, 1.165) is 5.56 Å². The van der Waals surface area contributed by atoms with Crippen LogP contribution >= 0.6 is 0 Å². The zero-order valence-electron chi connectivity index (χ0n) is 17.1. The molecule has 0 aliphatic rings. The number of hydrogen-bond acceptors (Lipinski definition) is 7. The number of benzene rings is 2. The molecule has 0 bridgehead atoms. The number of nitro groups is 1. The zero-order valence-corrected chi connectivity index (χ0v) is 17.9. The molecule has 0 aliphatic heterocycles. The maximum atomic E-state index is 12.5. The lowest BCUT2D eigenvalue weighted by atomic mass is 10.2. The van der Waals surface area contributed by atoms with Crippen LogP contribution in [0.25, 0.3) is 6.08 Å². The van der Waals surface area contributed by atoms with E-state index in [1.165, 1.54) is 46.1 Å². The second-order valence-corrected chi connectivity index (χ2v) is 10.0. The molecule has 2 aromatic rings. The molecule has 0 spiro atoms.